The monoisotopic (exact) mass is 843 g/mol. The molecule has 2 bridgehead atoms. The molecule has 0 spiro atoms. The van der Waals surface area contributed by atoms with Crippen LogP contribution in [0.15, 0.2) is 94.6 Å². The van der Waals surface area contributed by atoms with Crippen LogP contribution in [-0.2, 0) is 42.9 Å². The smallest absolute Gasteiger partial charge is 0.338 e. The van der Waals surface area contributed by atoms with E-state index in [0.717, 1.165) is 13.8 Å². The largest absolute Gasteiger partial charge is 0.467 e. The maximum Gasteiger partial charge on any atom is 0.338 e. The van der Waals surface area contributed by atoms with Gasteiger partial charge in [0.05, 0.1) is 35.9 Å². The van der Waals surface area contributed by atoms with E-state index in [1.807, 2.05) is 0 Å². The molecule has 2 heterocycles. The number of amides is 1. The van der Waals surface area contributed by atoms with Gasteiger partial charge < -0.3 is 48.7 Å². The summed E-state index contributed by atoms with van der Waals surface area (Å²) in [6.07, 6.45) is -9.38. The van der Waals surface area contributed by atoms with Gasteiger partial charge in [0.2, 0.25) is 0 Å². The van der Waals surface area contributed by atoms with Gasteiger partial charge in [-0.15, -0.1) is 0 Å². The van der Waals surface area contributed by atoms with E-state index in [1.54, 1.807) is 50.2 Å². The number of hydrogen-bond acceptors (Lipinski definition) is 15. The summed E-state index contributed by atoms with van der Waals surface area (Å²) in [5.74, 6) is -6.98. The van der Waals surface area contributed by atoms with Crippen LogP contribution in [0.1, 0.15) is 86.9 Å². The van der Waals surface area contributed by atoms with Gasteiger partial charge >= 0.3 is 23.9 Å². The minimum absolute atomic E-state index is 0.00830. The van der Waals surface area contributed by atoms with E-state index in [2.05, 4.69) is 5.32 Å². The van der Waals surface area contributed by atoms with Gasteiger partial charge in [0, 0.05) is 37.7 Å². The van der Waals surface area contributed by atoms with Crippen LogP contribution >= 0.6 is 0 Å². The maximum absolute atomic E-state index is 15.4. The first-order valence-electron chi connectivity index (χ1n) is 20.0. The molecule has 1 amide bonds. The number of carbonyl (C=O) groups excluding carboxylic acids is 6. The molecule has 2 aromatic carbocycles. The van der Waals surface area contributed by atoms with Crippen molar-refractivity contribution in [3.63, 3.8) is 0 Å². The third kappa shape index (κ3) is 7.14. The minimum Gasteiger partial charge on any atom is -0.467 e. The molecule has 4 aliphatic rings. The molecule has 16 nitrogen and oxygen atoms in total. The van der Waals surface area contributed by atoms with Gasteiger partial charge in [0.25, 0.3) is 5.91 Å². The normalized spacial score (nSPS) is 32.2. The summed E-state index contributed by atoms with van der Waals surface area (Å²) < 4.78 is 35.6. The lowest BCUT2D eigenvalue weighted by Crippen LogP contribution is -2.82. The van der Waals surface area contributed by atoms with Gasteiger partial charge in [-0.3, -0.25) is 19.2 Å². The second-order valence-corrected chi connectivity index (χ2v) is 17.0. The summed E-state index contributed by atoms with van der Waals surface area (Å²) in [4.78, 5) is 83.1. The second-order valence-electron chi connectivity index (χ2n) is 17.0. The Bertz CT molecular complexity index is 2240. The third-order valence-corrected chi connectivity index (χ3v) is 13.2. The summed E-state index contributed by atoms with van der Waals surface area (Å²) in [5.41, 5.74) is -7.50. The predicted octanol–water partition coefficient (Wildman–Crippen LogP) is 3.33. The topological polar surface area (TPSA) is 234 Å². The third-order valence-electron chi connectivity index (χ3n) is 13.2. The van der Waals surface area contributed by atoms with Crippen LogP contribution in [0, 0.1) is 16.7 Å². The number of esters is 4. The lowest BCUT2D eigenvalue weighted by atomic mass is 9.44. The van der Waals surface area contributed by atoms with Crippen molar-refractivity contribution >= 4 is 35.6 Å². The molecule has 3 aromatic rings. The van der Waals surface area contributed by atoms with E-state index in [0.29, 0.717) is 0 Å². The van der Waals surface area contributed by atoms with Crippen LogP contribution in [0.25, 0.3) is 0 Å². The molecule has 2 saturated carbocycles. The van der Waals surface area contributed by atoms with Gasteiger partial charge in [-0.1, -0.05) is 50.2 Å². The van der Waals surface area contributed by atoms with Crippen LogP contribution in [0.3, 0.4) is 0 Å². The fourth-order valence-corrected chi connectivity index (χ4v) is 9.95. The summed E-state index contributed by atoms with van der Waals surface area (Å²) in [7, 11) is 0. The number of benzene rings is 2. The highest BCUT2D eigenvalue weighted by atomic mass is 16.6. The zero-order valence-corrected chi connectivity index (χ0v) is 34.5. The van der Waals surface area contributed by atoms with Crippen LogP contribution in [0.2, 0.25) is 0 Å². The summed E-state index contributed by atoms with van der Waals surface area (Å²) in [5, 5.41) is 39.9. The average molecular weight is 844 g/mol. The van der Waals surface area contributed by atoms with Crippen LogP contribution < -0.4 is 5.32 Å². The Morgan fingerprint density at radius 1 is 0.869 bits per heavy atom. The number of rotatable bonds is 10. The summed E-state index contributed by atoms with van der Waals surface area (Å²) in [6.45, 7) is 7.90. The molecule has 324 valence electrons. The molecular weight excluding hydrogens is 794 g/mol. The van der Waals surface area contributed by atoms with Crippen molar-refractivity contribution < 1.29 is 72.2 Å². The highest BCUT2D eigenvalue weighted by molar-refractivity contribution is 5.96. The first-order valence-corrected chi connectivity index (χ1v) is 20.0. The molecule has 4 N–H and O–H groups in total. The molecule has 16 heteroatoms. The Kier molecular flexibility index (Phi) is 11.4. The quantitative estimate of drug-likeness (QED) is 0.130. The number of aliphatic hydroxyl groups excluding tert-OH is 2. The number of furan rings is 1. The molecule has 0 radical (unpaired) electrons. The SMILES string of the molecule is CC(=O)OC1C(=O)[C@]2(C)C(O)CC3OC[C@@]3(OC(C)=O)C2C(OC(=O)c2ccccc2)C2(O)CC(OC(=O)C(O)C(NC(=O)c3ccccc3)c3ccco3)C(C)=C1C2(C)C. The number of nitrogens with one attached hydrogen (secondary N) is 1. The lowest BCUT2D eigenvalue weighted by molar-refractivity contribution is -0.346. The molecule has 61 heavy (non-hydrogen) atoms. The Morgan fingerprint density at radius 2 is 1.51 bits per heavy atom. The first kappa shape index (κ1) is 43.4. The number of Topliss-reactive ketones (excluding diaryl/α,β-unsaturated/α-hetero) is 1. The lowest BCUT2D eigenvalue weighted by Gasteiger charge is -2.67. The van der Waals surface area contributed by atoms with Crippen molar-refractivity contribution in [3.05, 3.63) is 107 Å². The average Bonchev–Trinajstić information content (AvgIpc) is 3.76. The van der Waals surface area contributed by atoms with Crippen molar-refractivity contribution in [1.82, 2.24) is 5.32 Å². The molecule has 7 rings (SSSR count). The van der Waals surface area contributed by atoms with E-state index < -0.39 is 113 Å². The first-order chi connectivity index (χ1) is 28.8. The second kappa shape index (κ2) is 16.0. The van der Waals surface area contributed by atoms with Gasteiger partial charge in [-0.2, -0.15) is 0 Å². The number of ketones is 1. The van der Waals surface area contributed by atoms with Crippen molar-refractivity contribution in [1.29, 1.82) is 0 Å². The molecule has 1 saturated heterocycles. The van der Waals surface area contributed by atoms with Crippen LogP contribution in [-0.4, -0.2) is 105 Å². The number of fused-ring (bicyclic) bond motifs is 5. The highest BCUT2D eigenvalue weighted by Crippen LogP contribution is 2.64. The van der Waals surface area contributed by atoms with Crippen molar-refractivity contribution in [2.45, 2.75) is 108 Å². The number of hydrogen-bond donors (Lipinski definition) is 4. The predicted molar refractivity (Wildman–Crippen MR) is 210 cm³/mol. The number of carbonyl (C=O) groups is 6. The fourth-order valence-electron chi connectivity index (χ4n) is 9.95. The summed E-state index contributed by atoms with van der Waals surface area (Å²) in [6, 6.07) is 17.3. The van der Waals surface area contributed by atoms with E-state index in [-0.39, 0.29) is 41.1 Å². The van der Waals surface area contributed by atoms with Gasteiger partial charge in [-0.25, -0.2) is 9.59 Å². The Balaban J connectivity index is 1.38. The van der Waals surface area contributed by atoms with E-state index in [1.165, 1.54) is 56.5 Å². The minimum atomic E-state index is -2.40. The van der Waals surface area contributed by atoms with Crippen LogP contribution in [0.4, 0.5) is 0 Å². The van der Waals surface area contributed by atoms with Crippen molar-refractivity contribution in [2.24, 2.45) is 16.7 Å². The Morgan fingerprint density at radius 3 is 2.07 bits per heavy atom. The van der Waals surface area contributed by atoms with Gasteiger partial charge in [0.1, 0.15) is 35.7 Å². The molecule has 9 unspecified atom stereocenters. The maximum atomic E-state index is 15.4. The zero-order chi connectivity index (χ0) is 44.2. The van der Waals surface area contributed by atoms with E-state index in [9.17, 15) is 39.3 Å². The highest BCUT2D eigenvalue weighted by Gasteiger charge is 2.78. The van der Waals surface area contributed by atoms with Gasteiger partial charge in [0.15, 0.2) is 23.6 Å². The molecule has 1 aliphatic heterocycles. The molecular formula is C45H49NO15. The molecule has 1 aromatic heterocycles. The number of ether oxygens (including phenoxy) is 5. The molecule has 3 aliphatic carbocycles. The fraction of sp³-hybridized carbons (Fsp3) is 0.467. The van der Waals surface area contributed by atoms with E-state index >= 15 is 4.79 Å². The van der Waals surface area contributed by atoms with E-state index in [4.69, 9.17) is 28.1 Å². The van der Waals surface area contributed by atoms with Gasteiger partial charge in [-0.05, 0) is 61.4 Å². The standard InChI is InChI=1S/C45H49NO15/c1-23-29(59-41(54)34(50)33(28-18-13-19-56-28)46-39(52)26-14-9-7-10-15-26)21-45(55)38(60-40(53)27-16-11-8-12-17-27)36-43(6,30(49)20-31-44(36,22-57-31)61-25(3)48)37(51)35(58-24(2)47)32(23)42(45,4)5/h7-19,29-31,33-36,38,49-50,55H,20-22H2,1-6H3,(H,46,52)/t29?,30?,31?,33?,34?,35?,36?,38?,43-,44+,45?/m1/s1. The summed E-state index contributed by atoms with van der Waals surface area (Å²) >= 11 is 0. The zero-order valence-electron chi connectivity index (χ0n) is 34.5. The molecule has 3 fully saturated rings. The Hall–Kier alpha value is -5.68. The van der Waals surface area contributed by atoms with Crippen molar-refractivity contribution in [2.75, 3.05) is 6.61 Å². The van der Waals surface area contributed by atoms with Crippen LogP contribution in [0.5, 0.6) is 0 Å². The molecule has 11 atom stereocenters. The number of aliphatic hydroxyl groups is 3. The van der Waals surface area contributed by atoms with Crippen molar-refractivity contribution in [3.8, 4) is 0 Å². The Labute approximate surface area is 351 Å².